The number of ether oxygens (including phenoxy) is 1. The highest BCUT2D eigenvalue weighted by Gasteiger charge is 2.20. The van der Waals surface area contributed by atoms with Crippen LogP contribution in [0.5, 0.6) is 5.75 Å². The van der Waals surface area contributed by atoms with Crippen LogP contribution in [-0.4, -0.2) is 17.7 Å². The lowest BCUT2D eigenvalue weighted by Crippen LogP contribution is -2.18. The monoisotopic (exact) mass is 334 g/mol. The third kappa shape index (κ3) is 3.25. The first-order chi connectivity index (χ1) is 9.76. The van der Waals surface area contributed by atoms with Gasteiger partial charge in [0, 0.05) is 34.5 Å². The minimum atomic E-state index is 0.735. The Bertz CT molecular complexity index is 590. The molecule has 1 aromatic heterocycles. The van der Waals surface area contributed by atoms with E-state index in [2.05, 4.69) is 50.2 Å². The summed E-state index contributed by atoms with van der Waals surface area (Å²) in [6.45, 7) is 1.77. The smallest absolute Gasteiger partial charge is 0.123 e. The Morgan fingerprint density at radius 2 is 2.20 bits per heavy atom. The number of halogens is 1. The molecular weight excluding hydrogens is 316 g/mol. The van der Waals surface area contributed by atoms with Crippen molar-refractivity contribution in [3.05, 3.63) is 52.3 Å². The molecule has 1 aliphatic rings. The van der Waals surface area contributed by atoms with Crippen molar-refractivity contribution in [1.29, 1.82) is 0 Å². The van der Waals surface area contributed by atoms with Gasteiger partial charge in [0.15, 0.2) is 0 Å². The Hall–Kier alpha value is -1.26. The maximum atomic E-state index is 5.45. The summed E-state index contributed by atoms with van der Waals surface area (Å²) in [7, 11) is 1.72. The maximum Gasteiger partial charge on any atom is 0.123 e. The molecule has 20 heavy (non-hydrogen) atoms. The van der Waals surface area contributed by atoms with Gasteiger partial charge in [-0.2, -0.15) is 0 Å². The SMILES string of the molecule is COc1ccc(Br)cc1Cn1cccc1CNC1CC1. The topological polar surface area (TPSA) is 26.2 Å². The molecule has 0 radical (unpaired) electrons. The fraction of sp³-hybridized carbons (Fsp3) is 0.375. The van der Waals surface area contributed by atoms with E-state index < -0.39 is 0 Å². The van der Waals surface area contributed by atoms with E-state index in [1.807, 2.05) is 12.1 Å². The molecular formula is C16H19BrN2O. The fourth-order valence-electron chi connectivity index (χ4n) is 2.35. The van der Waals surface area contributed by atoms with Gasteiger partial charge in [-0.1, -0.05) is 15.9 Å². The lowest BCUT2D eigenvalue weighted by molar-refractivity contribution is 0.408. The minimum Gasteiger partial charge on any atom is -0.496 e. The van der Waals surface area contributed by atoms with E-state index in [0.29, 0.717) is 0 Å². The molecule has 0 spiro atoms. The molecule has 0 atom stereocenters. The van der Waals surface area contributed by atoms with Crippen molar-refractivity contribution in [3.8, 4) is 5.75 Å². The Balaban J connectivity index is 1.76. The Morgan fingerprint density at radius 3 is 2.95 bits per heavy atom. The second-order valence-electron chi connectivity index (χ2n) is 5.24. The van der Waals surface area contributed by atoms with Crippen LogP contribution in [0, 0.1) is 0 Å². The average molecular weight is 335 g/mol. The summed E-state index contributed by atoms with van der Waals surface area (Å²) in [4.78, 5) is 0. The van der Waals surface area contributed by atoms with Gasteiger partial charge in [0.1, 0.15) is 5.75 Å². The van der Waals surface area contributed by atoms with Crippen molar-refractivity contribution >= 4 is 15.9 Å². The average Bonchev–Trinajstić information content (AvgIpc) is 3.17. The summed E-state index contributed by atoms with van der Waals surface area (Å²) in [6, 6.07) is 11.2. The van der Waals surface area contributed by atoms with Gasteiger partial charge in [-0.15, -0.1) is 0 Å². The molecule has 1 N–H and O–H groups in total. The number of methoxy groups -OCH3 is 1. The summed E-state index contributed by atoms with van der Waals surface area (Å²) in [6.07, 6.45) is 4.77. The molecule has 0 saturated heterocycles. The zero-order valence-electron chi connectivity index (χ0n) is 11.6. The molecule has 106 valence electrons. The number of aromatic nitrogens is 1. The van der Waals surface area contributed by atoms with Gasteiger partial charge in [0.2, 0.25) is 0 Å². The van der Waals surface area contributed by atoms with Crippen LogP contribution >= 0.6 is 15.9 Å². The van der Waals surface area contributed by atoms with Crippen LogP contribution < -0.4 is 10.1 Å². The highest BCUT2D eigenvalue weighted by atomic mass is 79.9. The van der Waals surface area contributed by atoms with Crippen LogP contribution in [0.15, 0.2) is 41.0 Å². The third-order valence-corrected chi connectivity index (χ3v) is 4.15. The zero-order chi connectivity index (χ0) is 13.9. The molecule has 1 fully saturated rings. The highest BCUT2D eigenvalue weighted by Crippen LogP contribution is 2.25. The number of benzene rings is 1. The second kappa shape index (κ2) is 6.02. The molecule has 1 saturated carbocycles. The maximum absolute atomic E-state index is 5.45. The van der Waals surface area contributed by atoms with Gasteiger partial charge in [-0.05, 0) is 43.2 Å². The van der Waals surface area contributed by atoms with E-state index in [1.54, 1.807) is 7.11 Å². The van der Waals surface area contributed by atoms with E-state index >= 15 is 0 Å². The molecule has 0 amide bonds. The summed E-state index contributed by atoms with van der Waals surface area (Å²) in [5.41, 5.74) is 2.50. The van der Waals surface area contributed by atoms with Gasteiger partial charge in [0.25, 0.3) is 0 Å². The predicted molar refractivity (Wildman–Crippen MR) is 84.1 cm³/mol. The van der Waals surface area contributed by atoms with Crippen molar-refractivity contribution in [2.24, 2.45) is 0 Å². The third-order valence-electron chi connectivity index (χ3n) is 3.66. The molecule has 2 aromatic rings. The van der Waals surface area contributed by atoms with Crippen LogP contribution in [0.25, 0.3) is 0 Å². The van der Waals surface area contributed by atoms with Gasteiger partial charge in [-0.25, -0.2) is 0 Å². The van der Waals surface area contributed by atoms with Crippen molar-refractivity contribution in [2.45, 2.75) is 32.0 Å². The molecule has 3 rings (SSSR count). The first-order valence-electron chi connectivity index (χ1n) is 6.96. The first-order valence-corrected chi connectivity index (χ1v) is 7.75. The van der Waals surface area contributed by atoms with Crippen molar-refractivity contribution in [2.75, 3.05) is 7.11 Å². The molecule has 3 nitrogen and oxygen atoms in total. The quantitative estimate of drug-likeness (QED) is 0.874. The van der Waals surface area contributed by atoms with Crippen molar-refractivity contribution in [1.82, 2.24) is 9.88 Å². The number of rotatable bonds is 6. The van der Waals surface area contributed by atoms with Crippen LogP contribution in [0.3, 0.4) is 0 Å². The van der Waals surface area contributed by atoms with E-state index in [-0.39, 0.29) is 0 Å². The summed E-state index contributed by atoms with van der Waals surface area (Å²) in [5.74, 6) is 0.933. The summed E-state index contributed by atoms with van der Waals surface area (Å²) < 4.78 is 8.81. The van der Waals surface area contributed by atoms with E-state index in [9.17, 15) is 0 Å². The number of hydrogen-bond donors (Lipinski definition) is 1. The van der Waals surface area contributed by atoms with Crippen LogP contribution in [-0.2, 0) is 13.1 Å². The van der Waals surface area contributed by atoms with Crippen LogP contribution in [0.1, 0.15) is 24.1 Å². The Morgan fingerprint density at radius 1 is 1.35 bits per heavy atom. The molecule has 4 heteroatoms. The molecule has 1 heterocycles. The molecule has 1 aromatic carbocycles. The molecule has 0 unspecified atom stereocenters. The van der Waals surface area contributed by atoms with E-state index in [4.69, 9.17) is 4.74 Å². The van der Waals surface area contributed by atoms with Crippen LogP contribution in [0.2, 0.25) is 0 Å². The van der Waals surface area contributed by atoms with Gasteiger partial charge < -0.3 is 14.6 Å². The Kier molecular flexibility index (Phi) is 4.13. The zero-order valence-corrected chi connectivity index (χ0v) is 13.2. The normalized spacial score (nSPS) is 14.5. The van der Waals surface area contributed by atoms with E-state index in [1.165, 1.54) is 24.1 Å². The second-order valence-corrected chi connectivity index (χ2v) is 6.15. The highest BCUT2D eigenvalue weighted by molar-refractivity contribution is 9.10. The van der Waals surface area contributed by atoms with Gasteiger partial charge >= 0.3 is 0 Å². The number of nitrogens with one attached hydrogen (secondary N) is 1. The Labute approximate surface area is 128 Å². The lowest BCUT2D eigenvalue weighted by atomic mass is 10.2. The largest absolute Gasteiger partial charge is 0.496 e. The molecule has 0 bridgehead atoms. The summed E-state index contributed by atoms with van der Waals surface area (Å²) >= 11 is 3.53. The number of hydrogen-bond acceptors (Lipinski definition) is 2. The molecule has 0 aliphatic heterocycles. The lowest BCUT2D eigenvalue weighted by Gasteiger charge is -2.13. The van der Waals surface area contributed by atoms with E-state index in [0.717, 1.165) is 29.4 Å². The van der Waals surface area contributed by atoms with Crippen molar-refractivity contribution in [3.63, 3.8) is 0 Å². The number of nitrogens with zero attached hydrogens (tertiary/aromatic N) is 1. The standard InChI is InChI=1S/C16H19BrN2O/c1-20-16-7-4-13(17)9-12(16)11-19-8-2-3-15(19)10-18-14-5-6-14/h2-4,7-9,14,18H,5-6,10-11H2,1H3. The van der Waals surface area contributed by atoms with Crippen LogP contribution in [0.4, 0.5) is 0 Å². The predicted octanol–water partition coefficient (Wildman–Crippen LogP) is 3.56. The fourth-order valence-corrected chi connectivity index (χ4v) is 2.76. The van der Waals surface area contributed by atoms with Gasteiger partial charge in [-0.3, -0.25) is 0 Å². The molecule has 1 aliphatic carbocycles. The summed E-state index contributed by atoms with van der Waals surface area (Å²) in [5, 5.41) is 3.56. The van der Waals surface area contributed by atoms with Crippen molar-refractivity contribution < 1.29 is 4.74 Å². The first kappa shape index (κ1) is 13.7. The minimum absolute atomic E-state index is 0.735. The van der Waals surface area contributed by atoms with Gasteiger partial charge in [0.05, 0.1) is 13.7 Å².